The van der Waals surface area contributed by atoms with Gasteiger partial charge >= 0.3 is 0 Å². The number of rotatable bonds is 3. The second-order valence-corrected chi connectivity index (χ2v) is 3.28. The van der Waals surface area contributed by atoms with Crippen molar-refractivity contribution in [2.45, 2.75) is 19.9 Å². The van der Waals surface area contributed by atoms with E-state index in [1.807, 2.05) is 6.92 Å². The van der Waals surface area contributed by atoms with Gasteiger partial charge in [-0.1, -0.05) is 0 Å². The largest absolute Gasteiger partial charge is 0.469 e. The number of nitrogens with one attached hydrogen (secondary N) is 1. The van der Waals surface area contributed by atoms with Crippen molar-refractivity contribution in [2.75, 3.05) is 5.88 Å². The van der Waals surface area contributed by atoms with Gasteiger partial charge in [0.1, 0.15) is 12.0 Å². The van der Waals surface area contributed by atoms with Crippen LogP contribution >= 0.6 is 11.6 Å². The van der Waals surface area contributed by atoms with Crippen LogP contribution in [0.5, 0.6) is 0 Å². The van der Waals surface area contributed by atoms with E-state index in [4.69, 9.17) is 16.0 Å². The quantitative estimate of drug-likeness (QED) is 0.760. The van der Waals surface area contributed by atoms with Crippen molar-refractivity contribution in [1.29, 1.82) is 0 Å². The van der Waals surface area contributed by atoms with E-state index < -0.39 is 0 Å². The first-order valence-corrected chi connectivity index (χ1v) is 4.59. The minimum Gasteiger partial charge on any atom is -0.469 e. The van der Waals surface area contributed by atoms with Crippen LogP contribution in [0.1, 0.15) is 23.0 Å². The Morgan fingerprint density at radius 1 is 1.77 bits per heavy atom. The maximum atomic E-state index is 11.4. The lowest BCUT2D eigenvalue weighted by Gasteiger charge is -2.08. The number of carbonyl (C=O) groups is 1. The molecule has 1 aromatic heterocycles. The molecule has 4 heteroatoms. The van der Waals surface area contributed by atoms with Crippen LogP contribution in [0, 0.1) is 6.92 Å². The summed E-state index contributed by atoms with van der Waals surface area (Å²) >= 11 is 5.55. The SMILES string of the molecule is Cc1cc(C(=O)NC(C)CCl)co1. The molecule has 1 N–H and O–H groups in total. The summed E-state index contributed by atoms with van der Waals surface area (Å²) in [5, 5.41) is 2.73. The van der Waals surface area contributed by atoms with Gasteiger partial charge in [-0.3, -0.25) is 4.79 Å². The summed E-state index contributed by atoms with van der Waals surface area (Å²) in [4.78, 5) is 11.4. The molecule has 1 unspecified atom stereocenters. The summed E-state index contributed by atoms with van der Waals surface area (Å²) in [7, 11) is 0. The molecule has 1 atom stereocenters. The van der Waals surface area contributed by atoms with Gasteiger partial charge in [-0.15, -0.1) is 11.6 Å². The Bertz CT molecular complexity index is 296. The van der Waals surface area contributed by atoms with E-state index in [0.29, 0.717) is 11.4 Å². The number of amides is 1. The Morgan fingerprint density at radius 2 is 2.46 bits per heavy atom. The highest BCUT2D eigenvalue weighted by atomic mass is 35.5. The molecule has 13 heavy (non-hydrogen) atoms. The standard InChI is InChI=1S/C9H12ClNO2/c1-6(4-10)11-9(12)8-3-7(2)13-5-8/h3,5-6H,4H2,1-2H3,(H,11,12). The van der Waals surface area contributed by atoms with E-state index in [1.165, 1.54) is 6.26 Å². The predicted molar refractivity (Wildman–Crippen MR) is 51.1 cm³/mol. The fourth-order valence-electron chi connectivity index (χ4n) is 0.908. The molecule has 1 rings (SSSR count). The van der Waals surface area contributed by atoms with Gasteiger partial charge in [-0.25, -0.2) is 0 Å². The molecule has 0 spiro atoms. The fraction of sp³-hybridized carbons (Fsp3) is 0.444. The number of hydrogen-bond acceptors (Lipinski definition) is 2. The highest BCUT2D eigenvalue weighted by Gasteiger charge is 2.10. The summed E-state index contributed by atoms with van der Waals surface area (Å²) in [5.41, 5.74) is 0.537. The van der Waals surface area contributed by atoms with Crippen LogP contribution in [0.15, 0.2) is 16.7 Å². The van der Waals surface area contributed by atoms with E-state index in [0.717, 1.165) is 5.76 Å². The number of aryl methyl sites for hydroxylation is 1. The molecule has 72 valence electrons. The first-order chi connectivity index (χ1) is 6.13. The molecule has 0 fully saturated rings. The van der Waals surface area contributed by atoms with Gasteiger partial charge in [0, 0.05) is 11.9 Å². The zero-order valence-electron chi connectivity index (χ0n) is 7.63. The molecule has 0 aliphatic carbocycles. The average molecular weight is 202 g/mol. The zero-order chi connectivity index (χ0) is 9.84. The van der Waals surface area contributed by atoms with Crippen molar-refractivity contribution in [1.82, 2.24) is 5.32 Å². The molecule has 0 radical (unpaired) electrons. The number of halogens is 1. The normalized spacial score (nSPS) is 12.5. The highest BCUT2D eigenvalue weighted by Crippen LogP contribution is 2.06. The summed E-state index contributed by atoms with van der Waals surface area (Å²) in [6, 6.07) is 1.67. The Balaban J connectivity index is 2.58. The second-order valence-electron chi connectivity index (χ2n) is 2.97. The lowest BCUT2D eigenvalue weighted by Crippen LogP contribution is -2.33. The van der Waals surface area contributed by atoms with Crippen LogP contribution < -0.4 is 5.32 Å². The van der Waals surface area contributed by atoms with Gasteiger partial charge in [0.25, 0.3) is 5.91 Å². The predicted octanol–water partition coefficient (Wildman–Crippen LogP) is 1.95. The molecular weight excluding hydrogens is 190 g/mol. The zero-order valence-corrected chi connectivity index (χ0v) is 8.39. The van der Waals surface area contributed by atoms with Gasteiger partial charge < -0.3 is 9.73 Å². The first kappa shape index (κ1) is 10.1. The second kappa shape index (κ2) is 4.33. The maximum Gasteiger partial charge on any atom is 0.254 e. The summed E-state index contributed by atoms with van der Waals surface area (Å²) in [5.74, 6) is 0.983. The number of carbonyl (C=O) groups excluding carboxylic acids is 1. The number of alkyl halides is 1. The molecule has 0 saturated carbocycles. The molecule has 1 aromatic rings. The van der Waals surface area contributed by atoms with E-state index in [-0.39, 0.29) is 11.9 Å². The van der Waals surface area contributed by atoms with Crippen molar-refractivity contribution in [3.8, 4) is 0 Å². The first-order valence-electron chi connectivity index (χ1n) is 4.05. The third-order valence-electron chi connectivity index (χ3n) is 1.60. The van der Waals surface area contributed by atoms with Crippen molar-refractivity contribution < 1.29 is 9.21 Å². The van der Waals surface area contributed by atoms with E-state index >= 15 is 0 Å². The lowest BCUT2D eigenvalue weighted by atomic mass is 10.3. The van der Waals surface area contributed by atoms with Crippen LogP contribution in [0.3, 0.4) is 0 Å². The smallest absolute Gasteiger partial charge is 0.254 e. The van der Waals surface area contributed by atoms with E-state index in [2.05, 4.69) is 5.32 Å². The third-order valence-corrected chi connectivity index (χ3v) is 2.06. The number of hydrogen-bond donors (Lipinski definition) is 1. The topological polar surface area (TPSA) is 42.2 Å². The van der Waals surface area contributed by atoms with Gasteiger partial charge in [0.05, 0.1) is 5.56 Å². The molecule has 1 amide bonds. The van der Waals surface area contributed by atoms with E-state index in [9.17, 15) is 4.79 Å². The molecule has 1 heterocycles. The van der Waals surface area contributed by atoms with E-state index in [1.54, 1.807) is 13.0 Å². The van der Waals surface area contributed by atoms with Gasteiger partial charge in [-0.05, 0) is 19.9 Å². The molecule has 0 aromatic carbocycles. The summed E-state index contributed by atoms with van der Waals surface area (Å²) < 4.78 is 5.01. The maximum absolute atomic E-state index is 11.4. The third kappa shape index (κ3) is 2.77. The van der Waals surface area contributed by atoms with Gasteiger partial charge in [0.15, 0.2) is 0 Å². The van der Waals surface area contributed by atoms with Crippen molar-refractivity contribution in [2.24, 2.45) is 0 Å². The molecule has 0 aliphatic heterocycles. The van der Waals surface area contributed by atoms with Gasteiger partial charge in [-0.2, -0.15) is 0 Å². The van der Waals surface area contributed by atoms with Crippen molar-refractivity contribution in [3.63, 3.8) is 0 Å². The van der Waals surface area contributed by atoms with Crippen LogP contribution in [0.2, 0.25) is 0 Å². The molecule has 0 saturated heterocycles. The average Bonchev–Trinajstić information content (AvgIpc) is 2.51. The Morgan fingerprint density at radius 3 is 2.92 bits per heavy atom. The Hall–Kier alpha value is -0.960. The van der Waals surface area contributed by atoms with Gasteiger partial charge in [0.2, 0.25) is 0 Å². The molecule has 0 bridgehead atoms. The molecular formula is C9H12ClNO2. The highest BCUT2D eigenvalue weighted by molar-refractivity contribution is 6.18. The Labute approximate surface area is 82.1 Å². The van der Waals surface area contributed by atoms with Crippen LogP contribution in [0.25, 0.3) is 0 Å². The minimum atomic E-state index is -0.148. The van der Waals surface area contributed by atoms with Crippen molar-refractivity contribution in [3.05, 3.63) is 23.7 Å². The lowest BCUT2D eigenvalue weighted by molar-refractivity contribution is 0.0943. The molecule has 3 nitrogen and oxygen atoms in total. The van der Waals surface area contributed by atoms with Crippen LogP contribution in [-0.2, 0) is 0 Å². The molecule has 0 aliphatic rings. The van der Waals surface area contributed by atoms with Crippen LogP contribution in [-0.4, -0.2) is 17.8 Å². The van der Waals surface area contributed by atoms with Crippen molar-refractivity contribution >= 4 is 17.5 Å². The number of furan rings is 1. The van der Waals surface area contributed by atoms with Crippen LogP contribution in [0.4, 0.5) is 0 Å². The summed E-state index contributed by atoms with van der Waals surface area (Å²) in [6.45, 7) is 3.64. The monoisotopic (exact) mass is 201 g/mol. The fourth-order valence-corrected chi connectivity index (χ4v) is 0.985. The summed E-state index contributed by atoms with van der Waals surface area (Å²) in [6.07, 6.45) is 1.44. The Kier molecular flexibility index (Phi) is 3.37. The minimum absolute atomic E-state index is 0.0237.